The molecule has 0 aliphatic carbocycles. The molecule has 1 aliphatic heterocycles. The molecular formula is C14H19N3O3. The van der Waals surface area contributed by atoms with Crippen molar-refractivity contribution in [2.24, 2.45) is 5.92 Å². The van der Waals surface area contributed by atoms with Crippen LogP contribution in [0.5, 0.6) is 0 Å². The molecule has 2 rings (SSSR count). The van der Waals surface area contributed by atoms with E-state index in [9.17, 15) is 14.9 Å². The Morgan fingerprint density at radius 1 is 1.55 bits per heavy atom. The van der Waals surface area contributed by atoms with Crippen molar-refractivity contribution in [2.45, 2.75) is 26.2 Å². The van der Waals surface area contributed by atoms with E-state index in [2.05, 4.69) is 10.6 Å². The highest BCUT2D eigenvalue weighted by atomic mass is 16.6. The maximum absolute atomic E-state index is 12.0. The van der Waals surface area contributed by atoms with Crippen LogP contribution in [0.15, 0.2) is 18.2 Å². The third-order valence-electron chi connectivity index (χ3n) is 3.57. The summed E-state index contributed by atoms with van der Waals surface area (Å²) in [7, 11) is 0. The van der Waals surface area contributed by atoms with Crippen molar-refractivity contribution in [1.29, 1.82) is 0 Å². The third kappa shape index (κ3) is 3.77. The Balaban J connectivity index is 1.95. The average molecular weight is 277 g/mol. The van der Waals surface area contributed by atoms with Crippen LogP contribution < -0.4 is 10.6 Å². The lowest BCUT2D eigenvalue weighted by molar-refractivity contribution is -0.384. The molecular weight excluding hydrogens is 258 g/mol. The largest absolute Gasteiger partial charge is 0.326 e. The molecule has 108 valence electrons. The molecule has 1 atom stereocenters. The van der Waals surface area contributed by atoms with Crippen LogP contribution in [-0.4, -0.2) is 23.9 Å². The number of nitro groups is 1. The number of benzene rings is 1. The van der Waals surface area contributed by atoms with Gasteiger partial charge in [0.25, 0.3) is 5.69 Å². The first-order valence-electron chi connectivity index (χ1n) is 6.82. The number of carbonyl (C=O) groups excluding carboxylic acids is 1. The summed E-state index contributed by atoms with van der Waals surface area (Å²) >= 11 is 0. The quantitative estimate of drug-likeness (QED) is 0.653. The smallest absolute Gasteiger partial charge is 0.269 e. The van der Waals surface area contributed by atoms with Crippen molar-refractivity contribution < 1.29 is 9.72 Å². The second-order valence-corrected chi connectivity index (χ2v) is 5.22. The van der Waals surface area contributed by atoms with Gasteiger partial charge in [0.2, 0.25) is 5.91 Å². The predicted octanol–water partition coefficient (Wildman–Crippen LogP) is 2.23. The SMILES string of the molecule is Cc1cc([N+](=O)[O-])ccc1NC(=O)CC1CCCNC1. The maximum atomic E-state index is 12.0. The molecule has 6 heteroatoms. The van der Waals surface area contributed by atoms with Crippen molar-refractivity contribution >= 4 is 17.3 Å². The maximum Gasteiger partial charge on any atom is 0.269 e. The first-order valence-corrected chi connectivity index (χ1v) is 6.82. The van der Waals surface area contributed by atoms with Gasteiger partial charge in [0.05, 0.1) is 4.92 Å². The molecule has 0 bridgehead atoms. The lowest BCUT2D eigenvalue weighted by Gasteiger charge is -2.22. The summed E-state index contributed by atoms with van der Waals surface area (Å²) in [6.07, 6.45) is 2.66. The van der Waals surface area contributed by atoms with Crippen LogP contribution in [0.2, 0.25) is 0 Å². The molecule has 1 amide bonds. The molecule has 0 spiro atoms. The highest BCUT2D eigenvalue weighted by Crippen LogP contribution is 2.22. The van der Waals surface area contributed by atoms with E-state index in [1.54, 1.807) is 13.0 Å². The van der Waals surface area contributed by atoms with Gasteiger partial charge in [-0.25, -0.2) is 0 Å². The van der Waals surface area contributed by atoms with Gasteiger partial charge in [-0.1, -0.05) is 0 Å². The third-order valence-corrected chi connectivity index (χ3v) is 3.57. The van der Waals surface area contributed by atoms with E-state index in [-0.39, 0.29) is 11.6 Å². The number of hydrogen-bond acceptors (Lipinski definition) is 4. The lowest BCUT2D eigenvalue weighted by atomic mass is 9.96. The van der Waals surface area contributed by atoms with Crippen molar-refractivity contribution in [1.82, 2.24) is 5.32 Å². The van der Waals surface area contributed by atoms with Crippen LogP contribution in [0.3, 0.4) is 0 Å². The molecule has 6 nitrogen and oxygen atoms in total. The standard InChI is InChI=1S/C14H19N3O3/c1-10-7-12(17(19)20)4-5-13(10)16-14(18)8-11-3-2-6-15-9-11/h4-5,7,11,15H,2-3,6,8-9H2,1H3,(H,16,18). The van der Waals surface area contributed by atoms with E-state index in [0.29, 0.717) is 23.6 Å². The topological polar surface area (TPSA) is 84.3 Å². The summed E-state index contributed by atoms with van der Waals surface area (Å²) in [6.45, 7) is 3.66. The summed E-state index contributed by atoms with van der Waals surface area (Å²) in [6, 6.07) is 4.47. The van der Waals surface area contributed by atoms with E-state index >= 15 is 0 Å². The van der Waals surface area contributed by atoms with E-state index < -0.39 is 4.92 Å². The summed E-state index contributed by atoms with van der Waals surface area (Å²) in [5, 5.41) is 16.8. The molecule has 1 aliphatic rings. The number of nitrogens with one attached hydrogen (secondary N) is 2. The predicted molar refractivity (Wildman–Crippen MR) is 76.7 cm³/mol. The van der Waals surface area contributed by atoms with Crippen LogP contribution in [0.4, 0.5) is 11.4 Å². The van der Waals surface area contributed by atoms with E-state index in [4.69, 9.17) is 0 Å². The molecule has 1 heterocycles. The van der Waals surface area contributed by atoms with Gasteiger partial charge in [-0.05, 0) is 50.4 Å². The van der Waals surface area contributed by atoms with Gasteiger partial charge in [-0.15, -0.1) is 0 Å². The molecule has 1 fully saturated rings. The van der Waals surface area contributed by atoms with Gasteiger partial charge in [0.15, 0.2) is 0 Å². The molecule has 1 aromatic rings. The minimum absolute atomic E-state index is 0.0318. The monoisotopic (exact) mass is 277 g/mol. The number of anilines is 1. The Bertz CT molecular complexity index is 510. The molecule has 20 heavy (non-hydrogen) atoms. The Morgan fingerprint density at radius 3 is 2.95 bits per heavy atom. The van der Waals surface area contributed by atoms with Crippen LogP contribution in [0, 0.1) is 23.0 Å². The zero-order valence-electron chi connectivity index (χ0n) is 11.5. The number of piperidine rings is 1. The fraction of sp³-hybridized carbons (Fsp3) is 0.500. The number of rotatable bonds is 4. The average Bonchev–Trinajstić information content (AvgIpc) is 2.42. The highest BCUT2D eigenvalue weighted by molar-refractivity contribution is 5.91. The number of nitrogens with zero attached hydrogens (tertiary/aromatic N) is 1. The van der Waals surface area contributed by atoms with E-state index in [1.165, 1.54) is 12.1 Å². The van der Waals surface area contributed by atoms with Gasteiger partial charge in [-0.3, -0.25) is 14.9 Å². The first-order chi connectivity index (χ1) is 9.56. The summed E-state index contributed by atoms with van der Waals surface area (Å²) < 4.78 is 0. The van der Waals surface area contributed by atoms with Gasteiger partial charge in [0.1, 0.15) is 0 Å². The summed E-state index contributed by atoms with van der Waals surface area (Å²) in [5.74, 6) is 0.345. The fourth-order valence-electron chi connectivity index (χ4n) is 2.46. The van der Waals surface area contributed by atoms with Crippen molar-refractivity contribution in [2.75, 3.05) is 18.4 Å². The number of aryl methyl sites for hydroxylation is 1. The molecule has 0 saturated carbocycles. The summed E-state index contributed by atoms with van der Waals surface area (Å²) in [5.41, 5.74) is 1.38. The molecule has 0 radical (unpaired) electrons. The van der Waals surface area contributed by atoms with E-state index in [1.807, 2.05) is 0 Å². The zero-order valence-corrected chi connectivity index (χ0v) is 11.5. The number of nitro benzene ring substituents is 1. The molecule has 1 unspecified atom stereocenters. The Labute approximate surface area is 117 Å². The number of amides is 1. The number of carbonyl (C=O) groups is 1. The van der Waals surface area contributed by atoms with Crippen LogP contribution in [0.1, 0.15) is 24.8 Å². The highest BCUT2D eigenvalue weighted by Gasteiger charge is 2.17. The second kappa shape index (κ2) is 6.47. The van der Waals surface area contributed by atoms with Gasteiger partial charge in [-0.2, -0.15) is 0 Å². The zero-order chi connectivity index (χ0) is 14.5. The minimum Gasteiger partial charge on any atom is -0.326 e. The Hall–Kier alpha value is -1.95. The van der Waals surface area contributed by atoms with Crippen molar-refractivity contribution in [3.63, 3.8) is 0 Å². The molecule has 1 saturated heterocycles. The van der Waals surface area contributed by atoms with Crippen molar-refractivity contribution in [3.05, 3.63) is 33.9 Å². The summed E-state index contributed by atoms with van der Waals surface area (Å²) in [4.78, 5) is 22.2. The van der Waals surface area contributed by atoms with Gasteiger partial charge in [0, 0.05) is 24.2 Å². The lowest BCUT2D eigenvalue weighted by Crippen LogP contribution is -2.32. The van der Waals surface area contributed by atoms with Crippen molar-refractivity contribution in [3.8, 4) is 0 Å². The van der Waals surface area contributed by atoms with Gasteiger partial charge >= 0.3 is 0 Å². The van der Waals surface area contributed by atoms with Crippen LogP contribution >= 0.6 is 0 Å². The van der Waals surface area contributed by atoms with Crippen LogP contribution in [0.25, 0.3) is 0 Å². The van der Waals surface area contributed by atoms with Crippen LogP contribution in [-0.2, 0) is 4.79 Å². The number of non-ortho nitro benzene ring substituents is 1. The molecule has 1 aromatic carbocycles. The normalized spacial score (nSPS) is 18.6. The minimum atomic E-state index is -0.438. The second-order valence-electron chi connectivity index (χ2n) is 5.22. The molecule has 0 aromatic heterocycles. The van der Waals surface area contributed by atoms with Gasteiger partial charge < -0.3 is 10.6 Å². The fourth-order valence-corrected chi connectivity index (χ4v) is 2.46. The first kappa shape index (κ1) is 14.5. The molecule has 2 N–H and O–H groups in total. The number of hydrogen-bond donors (Lipinski definition) is 2. The Kier molecular flexibility index (Phi) is 4.68. The Morgan fingerprint density at radius 2 is 2.35 bits per heavy atom. The van der Waals surface area contributed by atoms with E-state index in [0.717, 1.165) is 25.9 Å².